The van der Waals surface area contributed by atoms with Crippen LogP contribution in [-0.4, -0.2) is 50.9 Å². The number of sulfonamides is 1. The van der Waals surface area contributed by atoms with E-state index in [1.807, 2.05) is 75.4 Å². The van der Waals surface area contributed by atoms with Crippen LogP contribution in [0.2, 0.25) is 5.02 Å². The predicted octanol–water partition coefficient (Wildman–Crippen LogP) is 7.11. The summed E-state index contributed by atoms with van der Waals surface area (Å²) in [7, 11) is -4.25. The average Bonchev–Trinajstić information content (AvgIpc) is 3.05. The van der Waals surface area contributed by atoms with E-state index < -0.39 is 28.5 Å². The van der Waals surface area contributed by atoms with Crippen molar-refractivity contribution in [3.63, 3.8) is 0 Å². The van der Waals surface area contributed by atoms with Gasteiger partial charge in [-0.3, -0.25) is 13.9 Å². The summed E-state index contributed by atoms with van der Waals surface area (Å²) >= 11 is 9.58. The standard InChI is InChI=1S/C36H39BrClN3O5S/c1-4-46-32-17-15-31(16-18-32)41(47(44,45)33-19-13-30(38)14-20-33)25-35(42)40(24-28-11-8-12-29(37)21-28)34(36(43)39-23-26(2)3)22-27-9-6-5-7-10-27/h5-21,26,34H,4,22-25H2,1-3H3,(H,39,43)/t34-/m0/s1. The van der Waals surface area contributed by atoms with Crippen molar-refractivity contribution >= 4 is 55.1 Å². The lowest BCUT2D eigenvalue weighted by atomic mass is 10.0. The molecule has 0 saturated carbocycles. The highest BCUT2D eigenvalue weighted by Crippen LogP contribution is 2.28. The molecule has 0 aliphatic carbocycles. The summed E-state index contributed by atoms with van der Waals surface area (Å²) in [4.78, 5) is 29.9. The molecule has 248 valence electrons. The maximum Gasteiger partial charge on any atom is 0.264 e. The van der Waals surface area contributed by atoms with Crippen molar-refractivity contribution in [3.8, 4) is 5.75 Å². The van der Waals surface area contributed by atoms with E-state index in [1.165, 1.54) is 29.2 Å². The minimum absolute atomic E-state index is 0.0300. The number of halogens is 2. The molecule has 0 aliphatic rings. The van der Waals surface area contributed by atoms with Crippen LogP contribution in [0.3, 0.4) is 0 Å². The Morgan fingerprint density at radius 1 is 0.894 bits per heavy atom. The first-order valence-corrected chi connectivity index (χ1v) is 18.0. The number of nitrogens with zero attached hydrogens (tertiary/aromatic N) is 2. The van der Waals surface area contributed by atoms with Crippen LogP contribution in [-0.2, 0) is 32.6 Å². The van der Waals surface area contributed by atoms with E-state index in [9.17, 15) is 18.0 Å². The van der Waals surface area contributed by atoms with E-state index in [0.29, 0.717) is 23.9 Å². The molecular weight excluding hydrogens is 702 g/mol. The van der Waals surface area contributed by atoms with Crippen molar-refractivity contribution in [1.29, 1.82) is 0 Å². The Kier molecular flexibility index (Phi) is 12.9. The fourth-order valence-electron chi connectivity index (χ4n) is 4.95. The molecule has 4 aromatic carbocycles. The van der Waals surface area contributed by atoms with Gasteiger partial charge in [0.15, 0.2) is 0 Å². The number of amides is 2. The SMILES string of the molecule is CCOc1ccc(N(CC(=O)N(Cc2cccc(Br)c2)[C@@H](Cc2ccccc2)C(=O)NCC(C)C)S(=O)(=O)c2ccc(Cl)cc2)cc1. The molecule has 47 heavy (non-hydrogen) atoms. The molecule has 4 aromatic rings. The van der Waals surface area contributed by atoms with Crippen LogP contribution in [0.4, 0.5) is 5.69 Å². The summed E-state index contributed by atoms with van der Waals surface area (Å²) < 4.78 is 35.8. The van der Waals surface area contributed by atoms with Gasteiger partial charge in [0.1, 0.15) is 18.3 Å². The van der Waals surface area contributed by atoms with Gasteiger partial charge >= 0.3 is 0 Å². The molecule has 1 N–H and O–H groups in total. The third-order valence-corrected chi connectivity index (χ3v) is 9.85. The second-order valence-electron chi connectivity index (χ2n) is 11.4. The van der Waals surface area contributed by atoms with Crippen molar-refractivity contribution in [2.75, 3.05) is 24.0 Å². The van der Waals surface area contributed by atoms with Crippen LogP contribution in [0.25, 0.3) is 0 Å². The number of hydrogen-bond acceptors (Lipinski definition) is 5. The predicted molar refractivity (Wildman–Crippen MR) is 190 cm³/mol. The fourth-order valence-corrected chi connectivity index (χ4v) is 6.93. The lowest BCUT2D eigenvalue weighted by Gasteiger charge is -2.34. The number of ether oxygens (including phenoxy) is 1. The summed E-state index contributed by atoms with van der Waals surface area (Å²) in [6, 6.07) is 28.3. The Balaban J connectivity index is 1.80. The molecule has 0 radical (unpaired) electrons. The summed E-state index contributed by atoms with van der Waals surface area (Å²) in [5, 5.41) is 3.38. The number of hydrogen-bond donors (Lipinski definition) is 1. The average molecular weight is 741 g/mol. The normalized spacial score (nSPS) is 12.0. The van der Waals surface area contributed by atoms with Gasteiger partial charge in [-0.15, -0.1) is 0 Å². The first-order chi connectivity index (χ1) is 22.5. The molecule has 2 amide bonds. The minimum Gasteiger partial charge on any atom is -0.494 e. The van der Waals surface area contributed by atoms with Crippen LogP contribution in [0.5, 0.6) is 5.75 Å². The zero-order valence-electron chi connectivity index (χ0n) is 26.6. The summed E-state index contributed by atoms with van der Waals surface area (Å²) in [6.45, 7) is 6.22. The van der Waals surface area contributed by atoms with Gasteiger partial charge in [0.05, 0.1) is 17.2 Å². The third-order valence-electron chi connectivity index (χ3n) is 7.31. The molecule has 0 aliphatic heterocycles. The summed E-state index contributed by atoms with van der Waals surface area (Å²) in [5.41, 5.74) is 1.90. The van der Waals surface area contributed by atoms with Crippen molar-refractivity contribution in [2.45, 2.75) is 44.7 Å². The van der Waals surface area contributed by atoms with Gasteiger partial charge in [-0.1, -0.05) is 83.8 Å². The lowest BCUT2D eigenvalue weighted by Crippen LogP contribution is -2.53. The lowest BCUT2D eigenvalue weighted by molar-refractivity contribution is -0.140. The first-order valence-electron chi connectivity index (χ1n) is 15.3. The molecule has 0 fully saturated rings. The topological polar surface area (TPSA) is 96.0 Å². The first kappa shape index (κ1) is 36.0. The highest BCUT2D eigenvalue weighted by molar-refractivity contribution is 9.10. The molecule has 0 unspecified atom stereocenters. The Bertz CT molecular complexity index is 1740. The van der Waals surface area contributed by atoms with Gasteiger partial charge < -0.3 is 15.0 Å². The van der Waals surface area contributed by atoms with Gasteiger partial charge in [0, 0.05) is 29.0 Å². The molecule has 0 heterocycles. The van der Waals surface area contributed by atoms with Crippen molar-refractivity contribution in [2.24, 2.45) is 5.92 Å². The van der Waals surface area contributed by atoms with Crippen LogP contribution >= 0.6 is 27.5 Å². The highest BCUT2D eigenvalue weighted by Gasteiger charge is 2.34. The fraction of sp³-hybridized carbons (Fsp3) is 0.278. The van der Waals surface area contributed by atoms with Crippen LogP contribution in [0.1, 0.15) is 31.9 Å². The maximum atomic E-state index is 14.6. The minimum atomic E-state index is -4.25. The Morgan fingerprint density at radius 2 is 1.55 bits per heavy atom. The van der Waals surface area contributed by atoms with Crippen molar-refractivity contribution in [1.82, 2.24) is 10.2 Å². The van der Waals surface area contributed by atoms with Crippen LogP contribution < -0.4 is 14.4 Å². The number of carbonyl (C=O) groups excluding carboxylic acids is 2. The van der Waals surface area contributed by atoms with Gasteiger partial charge in [-0.2, -0.15) is 0 Å². The molecule has 0 saturated heterocycles. The monoisotopic (exact) mass is 739 g/mol. The smallest absolute Gasteiger partial charge is 0.264 e. The van der Waals surface area contributed by atoms with E-state index in [0.717, 1.165) is 19.9 Å². The van der Waals surface area contributed by atoms with E-state index in [2.05, 4.69) is 21.2 Å². The zero-order chi connectivity index (χ0) is 34.0. The number of rotatable bonds is 15. The quantitative estimate of drug-likeness (QED) is 0.140. The summed E-state index contributed by atoms with van der Waals surface area (Å²) in [5.74, 6) is -0.117. The van der Waals surface area contributed by atoms with E-state index in [-0.39, 0.29) is 35.4 Å². The maximum absolute atomic E-state index is 14.6. The van der Waals surface area contributed by atoms with Gasteiger partial charge in [0.2, 0.25) is 11.8 Å². The molecule has 0 aromatic heterocycles. The zero-order valence-corrected chi connectivity index (χ0v) is 29.8. The molecule has 11 heteroatoms. The van der Waals surface area contributed by atoms with E-state index >= 15 is 0 Å². The van der Waals surface area contributed by atoms with Gasteiger partial charge in [0.25, 0.3) is 10.0 Å². The number of carbonyl (C=O) groups is 2. The molecule has 0 spiro atoms. The molecule has 8 nitrogen and oxygen atoms in total. The Hall–Kier alpha value is -3.86. The highest BCUT2D eigenvalue weighted by atomic mass is 79.9. The molecule has 4 rings (SSSR count). The number of benzene rings is 4. The van der Waals surface area contributed by atoms with Crippen molar-refractivity contribution in [3.05, 3.63) is 124 Å². The second-order valence-corrected chi connectivity index (χ2v) is 14.6. The number of anilines is 1. The van der Waals surface area contributed by atoms with E-state index in [4.69, 9.17) is 16.3 Å². The van der Waals surface area contributed by atoms with Crippen LogP contribution in [0, 0.1) is 5.92 Å². The number of nitrogens with one attached hydrogen (secondary N) is 1. The van der Waals surface area contributed by atoms with E-state index in [1.54, 1.807) is 24.3 Å². The largest absolute Gasteiger partial charge is 0.494 e. The Labute approximate surface area is 290 Å². The van der Waals surface area contributed by atoms with Gasteiger partial charge in [-0.25, -0.2) is 8.42 Å². The Morgan fingerprint density at radius 3 is 2.17 bits per heavy atom. The molecular formula is C36H39BrClN3O5S. The molecule has 1 atom stereocenters. The summed E-state index contributed by atoms with van der Waals surface area (Å²) in [6.07, 6.45) is 0.234. The van der Waals surface area contributed by atoms with Crippen LogP contribution in [0.15, 0.2) is 112 Å². The molecule has 0 bridgehead atoms. The second kappa shape index (κ2) is 16.8. The third kappa shape index (κ3) is 10.1. The van der Waals surface area contributed by atoms with Gasteiger partial charge in [-0.05, 0) is 84.6 Å². The van der Waals surface area contributed by atoms with Crippen molar-refractivity contribution < 1.29 is 22.7 Å².